The molecule has 138 valence electrons. The monoisotopic (exact) mass is 394 g/mol. The number of nitrogens with zero attached hydrogens (tertiary/aromatic N) is 1. The number of methoxy groups -OCH3 is 1. The lowest BCUT2D eigenvalue weighted by atomic mass is 10.1. The molecule has 0 fully saturated rings. The third kappa shape index (κ3) is 5.64. The first-order chi connectivity index (χ1) is 12.4. The number of hydrogen-bond donors (Lipinski definition) is 1. The Balaban J connectivity index is 1.97. The van der Waals surface area contributed by atoms with Crippen molar-refractivity contribution in [1.29, 1.82) is 0 Å². The average molecular weight is 395 g/mol. The summed E-state index contributed by atoms with van der Waals surface area (Å²) in [6.07, 6.45) is 0.150. The molecule has 0 aromatic heterocycles. The predicted octanol–water partition coefficient (Wildman–Crippen LogP) is 4.03. The molecule has 0 radical (unpaired) electrons. The normalized spacial score (nSPS) is 10.3. The van der Waals surface area contributed by atoms with Gasteiger partial charge in [0.25, 0.3) is 0 Å². The smallest absolute Gasteiger partial charge is 0.243 e. The van der Waals surface area contributed by atoms with Gasteiger partial charge in [-0.05, 0) is 36.8 Å². The molecule has 2 aromatic rings. The van der Waals surface area contributed by atoms with Crippen LogP contribution < -0.4 is 10.1 Å². The van der Waals surface area contributed by atoms with Crippen molar-refractivity contribution in [3.05, 3.63) is 58.1 Å². The highest BCUT2D eigenvalue weighted by Gasteiger charge is 2.16. The summed E-state index contributed by atoms with van der Waals surface area (Å²) in [5, 5.41) is 3.60. The van der Waals surface area contributed by atoms with Crippen LogP contribution in [0.25, 0.3) is 0 Å². The highest BCUT2D eigenvalue weighted by molar-refractivity contribution is 6.42. The number of anilines is 1. The molecule has 0 atom stereocenters. The fourth-order valence-electron chi connectivity index (χ4n) is 2.39. The quantitative estimate of drug-likeness (QED) is 0.770. The van der Waals surface area contributed by atoms with Crippen molar-refractivity contribution in [3.8, 4) is 5.75 Å². The highest BCUT2D eigenvalue weighted by Crippen LogP contribution is 2.23. The molecule has 0 saturated heterocycles. The second-order valence-corrected chi connectivity index (χ2v) is 6.43. The number of carbonyl (C=O) groups is 2. The van der Waals surface area contributed by atoms with Crippen LogP contribution in [0.4, 0.5) is 5.69 Å². The minimum Gasteiger partial charge on any atom is -0.497 e. The number of benzene rings is 2. The number of amides is 2. The fourth-order valence-corrected chi connectivity index (χ4v) is 2.71. The van der Waals surface area contributed by atoms with Gasteiger partial charge >= 0.3 is 0 Å². The highest BCUT2D eigenvalue weighted by atomic mass is 35.5. The first-order valence-electron chi connectivity index (χ1n) is 8.08. The van der Waals surface area contributed by atoms with Gasteiger partial charge in [0.15, 0.2) is 0 Å². The maximum absolute atomic E-state index is 12.5. The Hall–Kier alpha value is -2.24. The molecule has 1 N–H and O–H groups in total. The van der Waals surface area contributed by atoms with E-state index < -0.39 is 0 Å². The summed E-state index contributed by atoms with van der Waals surface area (Å²) in [4.78, 5) is 26.2. The molecule has 0 aliphatic carbocycles. The zero-order valence-electron chi connectivity index (χ0n) is 14.6. The van der Waals surface area contributed by atoms with Crippen molar-refractivity contribution >= 4 is 40.7 Å². The maximum Gasteiger partial charge on any atom is 0.243 e. The summed E-state index contributed by atoms with van der Waals surface area (Å²) in [6, 6.07) is 12.1. The number of hydrogen-bond acceptors (Lipinski definition) is 3. The van der Waals surface area contributed by atoms with Gasteiger partial charge < -0.3 is 15.0 Å². The lowest BCUT2D eigenvalue weighted by Crippen LogP contribution is -2.38. The largest absolute Gasteiger partial charge is 0.497 e. The first kappa shape index (κ1) is 20.1. The van der Waals surface area contributed by atoms with E-state index in [1.165, 1.54) is 4.90 Å². The van der Waals surface area contributed by atoms with E-state index in [4.69, 9.17) is 27.9 Å². The molecule has 26 heavy (non-hydrogen) atoms. The summed E-state index contributed by atoms with van der Waals surface area (Å²) >= 11 is 11.9. The van der Waals surface area contributed by atoms with Crippen molar-refractivity contribution in [2.24, 2.45) is 0 Å². The van der Waals surface area contributed by atoms with Crippen molar-refractivity contribution < 1.29 is 14.3 Å². The van der Waals surface area contributed by atoms with E-state index in [9.17, 15) is 9.59 Å². The fraction of sp³-hybridized carbons (Fsp3) is 0.263. The van der Waals surface area contributed by atoms with Gasteiger partial charge in [-0.25, -0.2) is 0 Å². The Labute approximate surface area is 162 Å². The zero-order valence-corrected chi connectivity index (χ0v) is 16.1. The van der Waals surface area contributed by atoms with Gasteiger partial charge in [-0.1, -0.05) is 35.3 Å². The van der Waals surface area contributed by atoms with Crippen LogP contribution in [0.2, 0.25) is 10.0 Å². The van der Waals surface area contributed by atoms with Crippen LogP contribution in [-0.4, -0.2) is 36.9 Å². The first-order valence-corrected chi connectivity index (χ1v) is 8.84. The maximum atomic E-state index is 12.5. The van der Waals surface area contributed by atoms with Gasteiger partial charge in [0.05, 0.1) is 30.1 Å². The van der Waals surface area contributed by atoms with E-state index >= 15 is 0 Å². The Bertz CT molecular complexity index is 796. The molecule has 0 unspecified atom stereocenters. The van der Waals surface area contributed by atoms with E-state index in [0.717, 1.165) is 5.56 Å². The van der Waals surface area contributed by atoms with Crippen LogP contribution >= 0.6 is 23.2 Å². The van der Waals surface area contributed by atoms with E-state index in [-0.39, 0.29) is 24.8 Å². The lowest BCUT2D eigenvalue weighted by molar-refractivity contribution is -0.133. The second kappa shape index (κ2) is 9.46. The van der Waals surface area contributed by atoms with E-state index in [2.05, 4.69) is 5.32 Å². The molecular formula is C19H20Cl2N2O3. The van der Waals surface area contributed by atoms with E-state index in [1.54, 1.807) is 49.6 Å². The minimum absolute atomic E-state index is 0.0339. The molecule has 2 rings (SSSR count). The van der Waals surface area contributed by atoms with E-state index in [1.807, 2.05) is 6.92 Å². The van der Waals surface area contributed by atoms with Crippen molar-refractivity contribution in [3.63, 3.8) is 0 Å². The molecule has 0 saturated carbocycles. The lowest BCUT2D eigenvalue weighted by Gasteiger charge is -2.20. The number of carbonyl (C=O) groups excluding carboxylic acids is 2. The Kier molecular flexibility index (Phi) is 7.30. The van der Waals surface area contributed by atoms with Crippen molar-refractivity contribution in [1.82, 2.24) is 4.90 Å². The van der Waals surface area contributed by atoms with Crippen molar-refractivity contribution in [2.45, 2.75) is 13.3 Å². The third-order valence-electron chi connectivity index (χ3n) is 3.76. The molecule has 0 aliphatic heterocycles. The Morgan fingerprint density at radius 1 is 1.12 bits per heavy atom. The summed E-state index contributed by atoms with van der Waals surface area (Å²) in [5.74, 6) is 0.208. The van der Waals surface area contributed by atoms with Gasteiger partial charge in [0.2, 0.25) is 11.8 Å². The topological polar surface area (TPSA) is 58.6 Å². The van der Waals surface area contributed by atoms with Crippen LogP contribution in [0.1, 0.15) is 12.5 Å². The number of rotatable bonds is 7. The average Bonchev–Trinajstić information content (AvgIpc) is 2.62. The van der Waals surface area contributed by atoms with Crippen LogP contribution in [0.5, 0.6) is 5.75 Å². The number of likely N-dealkylation sites (N-methyl/N-ethyl adjacent to an activating group) is 1. The molecular weight excluding hydrogens is 375 g/mol. The van der Waals surface area contributed by atoms with Gasteiger partial charge in [-0.2, -0.15) is 0 Å². The Morgan fingerprint density at radius 3 is 2.54 bits per heavy atom. The van der Waals surface area contributed by atoms with Gasteiger partial charge in [0.1, 0.15) is 5.75 Å². The molecule has 7 heteroatoms. The molecule has 0 bridgehead atoms. The summed E-state index contributed by atoms with van der Waals surface area (Å²) < 4.78 is 5.13. The van der Waals surface area contributed by atoms with Gasteiger partial charge in [0, 0.05) is 18.3 Å². The summed E-state index contributed by atoms with van der Waals surface area (Å²) in [5.41, 5.74) is 1.36. The molecule has 0 aliphatic rings. The van der Waals surface area contributed by atoms with Crippen LogP contribution in [0, 0.1) is 0 Å². The molecule has 5 nitrogen and oxygen atoms in total. The molecule has 2 amide bonds. The SMILES string of the molecule is CCN(CC(=O)Nc1cccc(OC)c1)C(=O)Cc1ccc(Cl)c(Cl)c1. The number of halogens is 2. The van der Waals surface area contributed by atoms with Crippen molar-refractivity contribution in [2.75, 3.05) is 25.5 Å². The second-order valence-electron chi connectivity index (χ2n) is 5.61. The standard InChI is InChI=1S/C19H20Cl2N2O3/c1-3-23(19(25)10-13-7-8-16(20)17(21)9-13)12-18(24)22-14-5-4-6-15(11-14)26-2/h4-9,11H,3,10,12H2,1-2H3,(H,22,24). The minimum atomic E-state index is -0.275. The molecule has 0 spiro atoms. The van der Waals surface area contributed by atoms with Gasteiger partial charge in [-0.15, -0.1) is 0 Å². The Morgan fingerprint density at radius 2 is 1.88 bits per heavy atom. The number of ether oxygens (including phenoxy) is 1. The zero-order chi connectivity index (χ0) is 19.1. The summed E-state index contributed by atoms with van der Waals surface area (Å²) in [6.45, 7) is 2.21. The van der Waals surface area contributed by atoms with Crippen LogP contribution in [-0.2, 0) is 16.0 Å². The van der Waals surface area contributed by atoms with Crippen LogP contribution in [0.3, 0.4) is 0 Å². The van der Waals surface area contributed by atoms with Gasteiger partial charge in [-0.3, -0.25) is 9.59 Å². The predicted molar refractivity (Wildman–Crippen MR) is 104 cm³/mol. The number of nitrogens with one attached hydrogen (secondary N) is 1. The third-order valence-corrected chi connectivity index (χ3v) is 4.50. The molecule has 0 heterocycles. The summed E-state index contributed by atoms with van der Waals surface area (Å²) in [7, 11) is 1.56. The van der Waals surface area contributed by atoms with Crippen LogP contribution in [0.15, 0.2) is 42.5 Å². The molecule has 2 aromatic carbocycles. The van der Waals surface area contributed by atoms with E-state index in [0.29, 0.717) is 28.0 Å².